The zero-order valence-corrected chi connectivity index (χ0v) is 30.1. The van der Waals surface area contributed by atoms with E-state index in [-0.39, 0.29) is 16.2 Å². The van der Waals surface area contributed by atoms with Gasteiger partial charge in [0.05, 0.1) is 0 Å². The molecule has 0 atom stereocenters. The fourth-order valence-corrected chi connectivity index (χ4v) is 11.6. The average molecular weight is 656 g/mol. The van der Waals surface area contributed by atoms with Crippen LogP contribution in [0.3, 0.4) is 0 Å². The third kappa shape index (κ3) is 4.46. The van der Waals surface area contributed by atoms with E-state index < -0.39 is 0 Å². The molecule has 2 heteroatoms. The van der Waals surface area contributed by atoms with E-state index in [0.717, 1.165) is 23.3 Å². The Morgan fingerprint density at radius 1 is 0.480 bits per heavy atom. The van der Waals surface area contributed by atoms with Gasteiger partial charge < -0.3 is 9.64 Å². The summed E-state index contributed by atoms with van der Waals surface area (Å²) in [6, 6.07) is 43.5. The standard InChI is InChI=1S/C48H49NO/c1-46(2)22-23-47(3,4)42-30-39(19-20-40(42)46)49(37-10-6-5-7-11-37)38-17-14-33(15-18-38)34-16-21-45-43(29-34)48(41-12-8-9-13-44(41)50-45)35-25-31-24-32(27-35)28-36(48)26-31/h5-21,29-32,35-36H,22-28H2,1-4H3. The highest BCUT2D eigenvalue weighted by Crippen LogP contribution is 2.69. The van der Waals surface area contributed by atoms with Gasteiger partial charge in [-0.1, -0.05) is 88.4 Å². The second kappa shape index (κ2) is 10.8. The maximum Gasteiger partial charge on any atom is 0.131 e. The minimum absolute atomic E-state index is 0.0620. The Morgan fingerprint density at radius 2 is 1.06 bits per heavy atom. The Hall–Kier alpha value is -4.30. The monoisotopic (exact) mass is 655 g/mol. The molecule has 11 rings (SSSR count). The van der Waals surface area contributed by atoms with Crippen LogP contribution in [0, 0.1) is 23.7 Å². The zero-order valence-electron chi connectivity index (χ0n) is 30.1. The summed E-state index contributed by atoms with van der Waals surface area (Å²) in [5.41, 5.74) is 12.4. The topological polar surface area (TPSA) is 12.5 Å². The number of ether oxygens (including phenoxy) is 1. The Kier molecular flexibility index (Phi) is 6.62. The van der Waals surface area contributed by atoms with E-state index >= 15 is 0 Å². The van der Waals surface area contributed by atoms with Crippen LogP contribution in [0.1, 0.15) is 94.9 Å². The van der Waals surface area contributed by atoms with Gasteiger partial charge in [0.2, 0.25) is 0 Å². The summed E-state index contributed by atoms with van der Waals surface area (Å²) in [5, 5.41) is 0. The van der Waals surface area contributed by atoms with Gasteiger partial charge in [0.15, 0.2) is 0 Å². The van der Waals surface area contributed by atoms with Gasteiger partial charge in [-0.05, 0) is 156 Å². The van der Waals surface area contributed by atoms with E-state index in [1.54, 1.807) is 0 Å². The van der Waals surface area contributed by atoms with E-state index in [1.165, 1.54) is 95.4 Å². The lowest BCUT2D eigenvalue weighted by Gasteiger charge is -2.63. The summed E-state index contributed by atoms with van der Waals surface area (Å²) >= 11 is 0. The van der Waals surface area contributed by atoms with Crippen LogP contribution in [0.15, 0.2) is 115 Å². The van der Waals surface area contributed by atoms with Crippen molar-refractivity contribution in [3.8, 4) is 22.6 Å². The van der Waals surface area contributed by atoms with Crippen molar-refractivity contribution in [2.24, 2.45) is 23.7 Å². The molecule has 4 bridgehead atoms. The van der Waals surface area contributed by atoms with Crippen molar-refractivity contribution >= 4 is 17.1 Å². The highest BCUT2D eigenvalue weighted by Gasteiger charge is 2.61. The van der Waals surface area contributed by atoms with Crippen LogP contribution >= 0.6 is 0 Å². The Labute approximate surface area is 298 Å². The molecule has 50 heavy (non-hydrogen) atoms. The molecule has 0 N–H and O–H groups in total. The lowest BCUT2D eigenvalue weighted by atomic mass is 9.41. The first-order valence-electron chi connectivity index (χ1n) is 19.2. The Morgan fingerprint density at radius 3 is 1.78 bits per heavy atom. The highest BCUT2D eigenvalue weighted by atomic mass is 16.5. The molecule has 0 amide bonds. The second-order valence-electron chi connectivity index (χ2n) is 17.7. The lowest BCUT2D eigenvalue weighted by molar-refractivity contribution is -0.0452. The summed E-state index contributed by atoms with van der Waals surface area (Å²) in [7, 11) is 0. The van der Waals surface area contributed by atoms with Gasteiger partial charge in [0.1, 0.15) is 11.5 Å². The summed E-state index contributed by atoms with van der Waals surface area (Å²) in [5.74, 6) is 5.39. The summed E-state index contributed by atoms with van der Waals surface area (Å²) in [6.45, 7) is 9.65. The van der Waals surface area contributed by atoms with Crippen LogP contribution < -0.4 is 9.64 Å². The number of nitrogens with zero attached hydrogens (tertiary/aromatic N) is 1. The summed E-state index contributed by atoms with van der Waals surface area (Å²) < 4.78 is 6.71. The number of fused-ring (bicyclic) bond motifs is 3. The Bertz CT molecular complexity index is 2080. The van der Waals surface area contributed by atoms with Crippen molar-refractivity contribution in [3.05, 3.63) is 138 Å². The third-order valence-electron chi connectivity index (χ3n) is 14.0. The van der Waals surface area contributed by atoms with E-state index in [1.807, 2.05) is 0 Å². The van der Waals surface area contributed by atoms with Gasteiger partial charge in [-0.15, -0.1) is 0 Å². The van der Waals surface area contributed by atoms with Crippen LogP contribution in [0.2, 0.25) is 0 Å². The van der Waals surface area contributed by atoms with Crippen molar-refractivity contribution < 1.29 is 4.74 Å². The normalized spacial score (nSPS) is 27.6. The Balaban J connectivity index is 1.06. The van der Waals surface area contributed by atoms with Crippen LogP contribution in [-0.2, 0) is 16.2 Å². The highest BCUT2D eigenvalue weighted by molar-refractivity contribution is 5.79. The molecule has 0 saturated heterocycles. The number of hydrogen-bond acceptors (Lipinski definition) is 2. The van der Waals surface area contributed by atoms with Crippen molar-refractivity contribution in [1.29, 1.82) is 0 Å². The quantitative estimate of drug-likeness (QED) is 0.191. The maximum absolute atomic E-state index is 6.71. The maximum atomic E-state index is 6.71. The molecule has 6 aliphatic rings. The van der Waals surface area contributed by atoms with Gasteiger partial charge in [0, 0.05) is 33.6 Å². The second-order valence-corrected chi connectivity index (χ2v) is 17.7. The van der Waals surface area contributed by atoms with Gasteiger partial charge in [-0.25, -0.2) is 0 Å². The largest absolute Gasteiger partial charge is 0.457 e. The fourth-order valence-electron chi connectivity index (χ4n) is 11.6. The predicted octanol–water partition coefficient (Wildman–Crippen LogP) is 13.0. The van der Waals surface area contributed by atoms with E-state index in [0.29, 0.717) is 11.8 Å². The molecule has 4 fully saturated rings. The molecule has 252 valence electrons. The molecule has 1 aliphatic heterocycles. The fraction of sp³-hybridized carbons (Fsp3) is 0.375. The zero-order chi connectivity index (χ0) is 33.8. The molecular formula is C48H49NO. The third-order valence-corrected chi connectivity index (χ3v) is 14.0. The van der Waals surface area contributed by atoms with E-state index in [9.17, 15) is 0 Å². The summed E-state index contributed by atoms with van der Waals surface area (Å²) in [4.78, 5) is 2.43. The van der Waals surface area contributed by atoms with Crippen LogP contribution in [-0.4, -0.2) is 0 Å². The molecular weight excluding hydrogens is 607 g/mol. The number of rotatable bonds is 4. The minimum atomic E-state index is 0.0620. The SMILES string of the molecule is CC1(C)CCC(C)(C)c2cc(N(c3ccccc3)c3ccc(-c4ccc5c(c4)C4(c6ccccc6O5)C5CC6CC(C5)CC4C6)cc3)ccc21. The van der Waals surface area contributed by atoms with Gasteiger partial charge >= 0.3 is 0 Å². The van der Waals surface area contributed by atoms with Crippen molar-refractivity contribution in [3.63, 3.8) is 0 Å². The molecule has 0 unspecified atom stereocenters. The predicted molar refractivity (Wildman–Crippen MR) is 206 cm³/mol. The molecule has 5 aromatic carbocycles. The first-order valence-corrected chi connectivity index (χ1v) is 19.2. The lowest BCUT2D eigenvalue weighted by Crippen LogP contribution is -2.56. The molecule has 5 aromatic rings. The van der Waals surface area contributed by atoms with Gasteiger partial charge in [-0.2, -0.15) is 0 Å². The van der Waals surface area contributed by atoms with Crippen molar-refractivity contribution in [2.45, 2.75) is 88.9 Å². The van der Waals surface area contributed by atoms with Crippen molar-refractivity contribution in [1.82, 2.24) is 0 Å². The number of benzene rings is 5. The molecule has 5 aliphatic carbocycles. The van der Waals surface area contributed by atoms with E-state index in [4.69, 9.17) is 4.74 Å². The number of para-hydroxylation sites is 2. The molecule has 4 saturated carbocycles. The van der Waals surface area contributed by atoms with Gasteiger partial charge in [0.25, 0.3) is 0 Å². The minimum Gasteiger partial charge on any atom is -0.457 e. The molecule has 1 spiro atoms. The molecule has 2 nitrogen and oxygen atoms in total. The van der Waals surface area contributed by atoms with Crippen molar-refractivity contribution in [2.75, 3.05) is 4.90 Å². The molecule has 1 heterocycles. The van der Waals surface area contributed by atoms with E-state index in [2.05, 4.69) is 148 Å². The first-order chi connectivity index (χ1) is 24.2. The smallest absolute Gasteiger partial charge is 0.131 e. The molecule has 0 aromatic heterocycles. The summed E-state index contributed by atoms with van der Waals surface area (Å²) in [6.07, 6.45) is 9.36. The van der Waals surface area contributed by atoms with Crippen LogP contribution in [0.25, 0.3) is 11.1 Å². The molecule has 0 radical (unpaired) electrons. The number of anilines is 3. The van der Waals surface area contributed by atoms with Crippen LogP contribution in [0.5, 0.6) is 11.5 Å². The number of hydrogen-bond donors (Lipinski definition) is 0. The van der Waals surface area contributed by atoms with Gasteiger partial charge in [-0.3, -0.25) is 0 Å². The van der Waals surface area contributed by atoms with Crippen LogP contribution in [0.4, 0.5) is 17.1 Å². The average Bonchev–Trinajstić information content (AvgIpc) is 3.12. The first kappa shape index (κ1) is 30.5.